The molecule has 0 aliphatic carbocycles. The van der Waals surface area contributed by atoms with E-state index in [1.54, 1.807) is 13.2 Å². The topological polar surface area (TPSA) is 35.5 Å². The average Bonchev–Trinajstić information content (AvgIpc) is 2.95. The summed E-state index contributed by atoms with van der Waals surface area (Å²) in [6.45, 7) is 0.286. The number of carbonyl (C=O) groups excluding carboxylic acids is 1. The summed E-state index contributed by atoms with van der Waals surface area (Å²) in [5, 5.41) is 0. The highest BCUT2D eigenvalue weighted by Crippen LogP contribution is 2.33. The van der Waals surface area contributed by atoms with Gasteiger partial charge in [0.15, 0.2) is 0 Å². The number of rotatable bonds is 5. The number of ether oxygens (including phenoxy) is 2. The van der Waals surface area contributed by atoms with Gasteiger partial charge in [-0.05, 0) is 42.2 Å². The van der Waals surface area contributed by atoms with Gasteiger partial charge in [-0.3, -0.25) is 4.79 Å². The van der Waals surface area contributed by atoms with Crippen molar-refractivity contribution in [2.45, 2.75) is 19.0 Å². The Labute approximate surface area is 149 Å². The van der Waals surface area contributed by atoms with E-state index in [1.807, 2.05) is 24.3 Å². The molecule has 1 aliphatic heterocycles. The van der Waals surface area contributed by atoms with E-state index >= 15 is 0 Å². The first-order valence-corrected chi connectivity index (χ1v) is 8.32. The van der Waals surface area contributed by atoms with Crippen LogP contribution in [0.3, 0.4) is 0 Å². The summed E-state index contributed by atoms with van der Waals surface area (Å²) >= 11 is 0. The van der Waals surface area contributed by atoms with Crippen LogP contribution in [0.25, 0.3) is 0 Å². The van der Waals surface area contributed by atoms with Crippen LogP contribution >= 0.6 is 0 Å². The lowest BCUT2D eigenvalue weighted by Gasteiger charge is -2.16. The van der Waals surface area contributed by atoms with Crippen molar-refractivity contribution in [3.8, 4) is 5.75 Å². The molecule has 2 unspecified atom stereocenters. The SMILES string of the molecule is COc1ccc(CC2COC(=O)C2Cc2cccc(C(F)(F)F)c2)cc1. The normalized spacial score (nSPS) is 20.1. The molecule has 0 radical (unpaired) electrons. The zero-order valence-corrected chi connectivity index (χ0v) is 14.3. The third-order valence-electron chi connectivity index (χ3n) is 4.68. The molecule has 1 saturated heterocycles. The van der Waals surface area contributed by atoms with E-state index in [1.165, 1.54) is 6.07 Å². The Hall–Kier alpha value is -2.50. The molecule has 0 N–H and O–H groups in total. The first-order chi connectivity index (χ1) is 12.4. The number of esters is 1. The Morgan fingerprint density at radius 3 is 2.46 bits per heavy atom. The Morgan fingerprint density at radius 2 is 1.81 bits per heavy atom. The molecular weight excluding hydrogens is 345 g/mol. The second-order valence-corrected chi connectivity index (χ2v) is 6.45. The quantitative estimate of drug-likeness (QED) is 0.743. The van der Waals surface area contributed by atoms with Crippen LogP contribution in [-0.4, -0.2) is 19.7 Å². The van der Waals surface area contributed by atoms with Gasteiger partial charge in [0.2, 0.25) is 0 Å². The van der Waals surface area contributed by atoms with Gasteiger partial charge >= 0.3 is 12.1 Å². The van der Waals surface area contributed by atoms with Crippen LogP contribution in [0.1, 0.15) is 16.7 Å². The second kappa shape index (κ2) is 7.40. The molecule has 6 heteroatoms. The van der Waals surface area contributed by atoms with E-state index in [9.17, 15) is 18.0 Å². The smallest absolute Gasteiger partial charge is 0.416 e. The molecule has 3 nitrogen and oxygen atoms in total. The van der Waals surface area contributed by atoms with Crippen LogP contribution in [0.5, 0.6) is 5.75 Å². The van der Waals surface area contributed by atoms with Crippen molar-refractivity contribution in [1.29, 1.82) is 0 Å². The number of cyclic esters (lactones) is 1. The molecule has 0 saturated carbocycles. The molecule has 2 aromatic carbocycles. The highest BCUT2D eigenvalue weighted by Gasteiger charge is 2.37. The maximum Gasteiger partial charge on any atom is 0.416 e. The van der Waals surface area contributed by atoms with Crippen LogP contribution in [0.2, 0.25) is 0 Å². The van der Waals surface area contributed by atoms with Gasteiger partial charge in [-0.25, -0.2) is 0 Å². The molecule has 138 valence electrons. The first kappa shape index (κ1) is 18.3. The van der Waals surface area contributed by atoms with Crippen LogP contribution < -0.4 is 4.74 Å². The zero-order valence-electron chi connectivity index (χ0n) is 14.3. The Bertz CT molecular complexity index is 769. The summed E-state index contributed by atoms with van der Waals surface area (Å²) in [6, 6.07) is 12.7. The van der Waals surface area contributed by atoms with Gasteiger partial charge in [-0.15, -0.1) is 0 Å². The van der Waals surface area contributed by atoms with E-state index in [4.69, 9.17) is 9.47 Å². The molecule has 0 amide bonds. The Balaban J connectivity index is 1.73. The molecule has 2 aromatic rings. The maximum atomic E-state index is 12.9. The highest BCUT2D eigenvalue weighted by molar-refractivity contribution is 5.75. The van der Waals surface area contributed by atoms with E-state index in [2.05, 4.69) is 0 Å². The van der Waals surface area contributed by atoms with Crippen LogP contribution in [0.15, 0.2) is 48.5 Å². The van der Waals surface area contributed by atoms with Gasteiger partial charge in [0.25, 0.3) is 0 Å². The summed E-state index contributed by atoms with van der Waals surface area (Å²) in [5.41, 5.74) is 0.819. The molecule has 0 spiro atoms. The van der Waals surface area contributed by atoms with Gasteiger partial charge in [-0.1, -0.05) is 30.3 Å². The molecular formula is C20H19F3O3. The predicted molar refractivity (Wildman–Crippen MR) is 89.8 cm³/mol. The predicted octanol–water partition coefficient (Wildman–Crippen LogP) is 4.29. The van der Waals surface area contributed by atoms with E-state index in [-0.39, 0.29) is 24.9 Å². The third kappa shape index (κ3) is 4.18. The lowest BCUT2D eigenvalue weighted by Crippen LogP contribution is -2.21. The monoisotopic (exact) mass is 364 g/mol. The van der Waals surface area contributed by atoms with Crippen molar-refractivity contribution in [2.75, 3.05) is 13.7 Å². The molecule has 0 aromatic heterocycles. The minimum Gasteiger partial charge on any atom is -0.497 e. The Morgan fingerprint density at radius 1 is 1.08 bits per heavy atom. The van der Waals surface area contributed by atoms with Gasteiger partial charge in [-0.2, -0.15) is 13.2 Å². The fraction of sp³-hybridized carbons (Fsp3) is 0.350. The molecule has 0 bridgehead atoms. The zero-order chi connectivity index (χ0) is 18.7. The van der Waals surface area contributed by atoms with Crippen molar-refractivity contribution in [2.24, 2.45) is 11.8 Å². The van der Waals surface area contributed by atoms with Crippen molar-refractivity contribution in [3.05, 3.63) is 65.2 Å². The lowest BCUT2D eigenvalue weighted by molar-refractivity contribution is -0.141. The molecule has 26 heavy (non-hydrogen) atoms. The minimum absolute atomic E-state index is 0.0644. The highest BCUT2D eigenvalue weighted by atomic mass is 19.4. The van der Waals surface area contributed by atoms with Gasteiger partial charge in [0.1, 0.15) is 5.75 Å². The molecule has 1 aliphatic rings. The fourth-order valence-corrected chi connectivity index (χ4v) is 3.25. The number of benzene rings is 2. The van der Waals surface area contributed by atoms with E-state index < -0.39 is 17.7 Å². The van der Waals surface area contributed by atoms with Gasteiger partial charge in [0, 0.05) is 5.92 Å². The third-order valence-corrected chi connectivity index (χ3v) is 4.68. The summed E-state index contributed by atoms with van der Waals surface area (Å²) in [4.78, 5) is 12.1. The van der Waals surface area contributed by atoms with E-state index in [0.29, 0.717) is 12.0 Å². The molecule has 1 heterocycles. The number of methoxy groups -OCH3 is 1. The number of hydrogen-bond acceptors (Lipinski definition) is 3. The van der Waals surface area contributed by atoms with Crippen molar-refractivity contribution in [3.63, 3.8) is 0 Å². The van der Waals surface area contributed by atoms with Gasteiger partial charge < -0.3 is 9.47 Å². The summed E-state index contributed by atoms with van der Waals surface area (Å²) in [7, 11) is 1.59. The summed E-state index contributed by atoms with van der Waals surface area (Å²) in [6.07, 6.45) is -3.53. The molecule has 1 fully saturated rings. The lowest BCUT2D eigenvalue weighted by atomic mass is 9.85. The molecule has 2 atom stereocenters. The van der Waals surface area contributed by atoms with Crippen molar-refractivity contribution >= 4 is 5.97 Å². The van der Waals surface area contributed by atoms with Crippen LogP contribution in [-0.2, 0) is 28.5 Å². The number of halogens is 3. The number of carbonyl (C=O) groups is 1. The van der Waals surface area contributed by atoms with Crippen molar-refractivity contribution < 1.29 is 27.4 Å². The average molecular weight is 364 g/mol. The second-order valence-electron chi connectivity index (χ2n) is 6.45. The maximum absolute atomic E-state index is 12.9. The van der Waals surface area contributed by atoms with Crippen molar-refractivity contribution in [1.82, 2.24) is 0 Å². The summed E-state index contributed by atoms with van der Waals surface area (Å²) in [5.74, 6) is -0.111. The van der Waals surface area contributed by atoms with Gasteiger partial charge in [0.05, 0.1) is 25.2 Å². The van der Waals surface area contributed by atoms with E-state index in [0.717, 1.165) is 23.4 Å². The van der Waals surface area contributed by atoms with Crippen LogP contribution in [0, 0.1) is 11.8 Å². The number of hydrogen-bond donors (Lipinski definition) is 0. The Kier molecular flexibility index (Phi) is 5.20. The fourth-order valence-electron chi connectivity index (χ4n) is 3.25. The largest absolute Gasteiger partial charge is 0.497 e. The minimum atomic E-state index is -4.39. The number of alkyl halides is 3. The van der Waals surface area contributed by atoms with Crippen LogP contribution in [0.4, 0.5) is 13.2 Å². The first-order valence-electron chi connectivity index (χ1n) is 8.32. The molecule has 3 rings (SSSR count). The standard InChI is InChI=1S/C20H19F3O3/c1-25-17-7-5-13(6-8-17)9-15-12-26-19(24)18(15)11-14-3-2-4-16(10-14)20(21,22)23/h2-8,10,15,18H,9,11-12H2,1H3. The summed E-state index contributed by atoms with van der Waals surface area (Å²) < 4.78 is 49.0.